The predicted octanol–water partition coefficient (Wildman–Crippen LogP) is 2.02. The van der Waals surface area contributed by atoms with Crippen molar-refractivity contribution in [3.8, 4) is 0 Å². The van der Waals surface area contributed by atoms with Gasteiger partial charge in [-0.1, -0.05) is 18.5 Å². The molecule has 1 aromatic rings. The maximum absolute atomic E-state index is 5.81. The molecule has 0 radical (unpaired) electrons. The maximum atomic E-state index is 5.81. The highest BCUT2D eigenvalue weighted by Crippen LogP contribution is 2.16. The van der Waals surface area contributed by atoms with Gasteiger partial charge in [0.1, 0.15) is 11.0 Å². The van der Waals surface area contributed by atoms with Crippen LogP contribution in [0.4, 0.5) is 0 Å². The third-order valence-electron chi connectivity index (χ3n) is 1.70. The summed E-state index contributed by atoms with van der Waals surface area (Å²) in [5.41, 5.74) is 6.41. The molecule has 0 saturated heterocycles. The molecule has 1 rings (SSSR count). The average molecular weight is 232 g/mol. The van der Waals surface area contributed by atoms with Crippen LogP contribution in [0.25, 0.3) is 0 Å². The van der Waals surface area contributed by atoms with Gasteiger partial charge in [-0.3, -0.25) is 0 Å². The van der Waals surface area contributed by atoms with E-state index in [0.717, 1.165) is 17.3 Å². The summed E-state index contributed by atoms with van der Waals surface area (Å²) in [5, 5.41) is 0.936. The van der Waals surface area contributed by atoms with Crippen LogP contribution in [0.1, 0.15) is 18.4 Å². The van der Waals surface area contributed by atoms with Gasteiger partial charge in [0, 0.05) is 17.5 Å². The van der Waals surface area contributed by atoms with Crippen molar-refractivity contribution in [2.24, 2.45) is 5.73 Å². The molecule has 2 N–H and O–H groups in total. The molecular weight excluding hydrogens is 218 g/mol. The normalized spacial score (nSPS) is 12.9. The van der Waals surface area contributed by atoms with Crippen LogP contribution >= 0.6 is 23.4 Å². The highest BCUT2D eigenvalue weighted by Gasteiger charge is 2.04. The van der Waals surface area contributed by atoms with Crippen molar-refractivity contribution in [1.82, 2.24) is 9.97 Å². The van der Waals surface area contributed by atoms with Crippen molar-refractivity contribution in [1.29, 1.82) is 0 Å². The van der Waals surface area contributed by atoms with Crippen molar-refractivity contribution >= 4 is 23.4 Å². The van der Waals surface area contributed by atoms with E-state index in [2.05, 4.69) is 16.9 Å². The zero-order valence-corrected chi connectivity index (χ0v) is 9.90. The van der Waals surface area contributed by atoms with Gasteiger partial charge in [-0.25, -0.2) is 9.97 Å². The van der Waals surface area contributed by atoms with E-state index in [0.29, 0.717) is 16.9 Å². The Kier molecular flexibility index (Phi) is 4.65. The molecule has 3 nitrogen and oxygen atoms in total. The first kappa shape index (κ1) is 11.8. The van der Waals surface area contributed by atoms with Gasteiger partial charge in [0.25, 0.3) is 0 Å². The van der Waals surface area contributed by atoms with E-state index >= 15 is 0 Å². The molecule has 78 valence electrons. The molecule has 0 amide bonds. The number of aryl methyl sites for hydroxylation is 1. The van der Waals surface area contributed by atoms with Crippen LogP contribution in [-0.2, 0) is 5.75 Å². The summed E-state index contributed by atoms with van der Waals surface area (Å²) in [4.78, 5) is 8.42. The number of hydrogen-bond acceptors (Lipinski definition) is 4. The Bertz CT molecular complexity index is 286. The summed E-state index contributed by atoms with van der Waals surface area (Å²) >= 11 is 7.55. The molecule has 0 aromatic carbocycles. The number of halogens is 1. The maximum Gasteiger partial charge on any atom is 0.140 e. The highest BCUT2D eigenvalue weighted by molar-refractivity contribution is 7.99. The summed E-state index contributed by atoms with van der Waals surface area (Å²) in [6, 6.07) is 1.75. The Morgan fingerprint density at radius 3 is 2.86 bits per heavy atom. The number of hydrogen-bond donors (Lipinski definition) is 1. The molecule has 5 heteroatoms. The van der Waals surface area contributed by atoms with E-state index in [-0.39, 0.29) is 0 Å². The van der Waals surface area contributed by atoms with Gasteiger partial charge in [0.05, 0.1) is 5.75 Å². The molecule has 1 heterocycles. The van der Waals surface area contributed by atoms with Gasteiger partial charge in [-0.2, -0.15) is 0 Å². The van der Waals surface area contributed by atoms with Crippen molar-refractivity contribution in [2.75, 3.05) is 6.54 Å². The SMILES string of the molecule is Cc1cc(Cl)nc(CSC(C)CN)n1. The zero-order valence-electron chi connectivity index (χ0n) is 8.33. The van der Waals surface area contributed by atoms with Crippen molar-refractivity contribution in [2.45, 2.75) is 24.9 Å². The Morgan fingerprint density at radius 1 is 1.57 bits per heavy atom. The fourth-order valence-electron chi connectivity index (χ4n) is 0.938. The molecule has 1 unspecified atom stereocenters. The topological polar surface area (TPSA) is 51.8 Å². The monoisotopic (exact) mass is 231 g/mol. The second kappa shape index (κ2) is 5.53. The highest BCUT2D eigenvalue weighted by atomic mass is 35.5. The molecule has 0 fully saturated rings. The van der Waals surface area contributed by atoms with E-state index < -0.39 is 0 Å². The summed E-state index contributed by atoms with van der Waals surface area (Å²) in [5.74, 6) is 1.54. The van der Waals surface area contributed by atoms with Crippen molar-refractivity contribution in [3.05, 3.63) is 22.7 Å². The second-order valence-electron chi connectivity index (χ2n) is 3.11. The molecule has 1 atom stereocenters. The lowest BCUT2D eigenvalue weighted by atomic mass is 10.4. The van der Waals surface area contributed by atoms with Gasteiger partial charge >= 0.3 is 0 Å². The lowest BCUT2D eigenvalue weighted by Crippen LogP contribution is -2.13. The van der Waals surface area contributed by atoms with Crippen LogP contribution in [0, 0.1) is 6.92 Å². The average Bonchev–Trinajstić information content (AvgIpc) is 2.12. The number of nitrogens with two attached hydrogens (primary N) is 1. The van der Waals surface area contributed by atoms with Gasteiger partial charge < -0.3 is 5.73 Å². The first-order valence-electron chi connectivity index (χ1n) is 4.43. The molecule has 1 aromatic heterocycles. The summed E-state index contributed by atoms with van der Waals surface area (Å²) in [6.07, 6.45) is 0. The summed E-state index contributed by atoms with van der Waals surface area (Å²) in [6.45, 7) is 4.67. The predicted molar refractivity (Wildman–Crippen MR) is 61.6 cm³/mol. The van der Waals surface area contributed by atoms with E-state index in [1.54, 1.807) is 17.8 Å². The van der Waals surface area contributed by atoms with Crippen LogP contribution in [-0.4, -0.2) is 21.8 Å². The first-order valence-corrected chi connectivity index (χ1v) is 5.86. The quantitative estimate of drug-likeness (QED) is 0.806. The Balaban J connectivity index is 2.58. The van der Waals surface area contributed by atoms with E-state index in [4.69, 9.17) is 17.3 Å². The van der Waals surface area contributed by atoms with Gasteiger partial charge in [-0.05, 0) is 13.0 Å². The lowest BCUT2D eigenvalue weighted by Gasteiger charge is -2.07. The lowest BCUT2D eigenvalue weighted by molar-refractivity contribution is 0.939. The largest absolute Gasteiger partial charge is 0.329 e. The second-order valence-corrected chi connectivity index (χ2v) is 4.92. The Hall–Kier alpha value is -0.320. The third-order valence-corrected chi connectivity index (χ3v) is 3.08. The molecule has 0 aliphatic carbocycles. The van der Waals surface area contributed by atoms with Crippen LogP contribution in [0.3, 0.4) is 0 Å². The number of rotatable bonds is 4. The van der Waals surface area contributed by atoms with Gasteiger partial charge in [0.2, 0.25) is 0 Å². The van der Waals surface area contributed by atoms with E-state index in [1.165, 1.54) is 0 Å². The van der Waals surface area contributed by atoms with Crippen molar-refractivity contribution < 1.29 is 0 Å². The molecule has 0 bridgehead atoms. The van der Waals surface area contributed by atoms with Crippen LogP contribution in [0.5, 0.6) is 0 Å². The summed E-state index contributed by atoms with van der Waals surface area (Å²) in [7, 11) is 0. The van der Waals surface area contributed by atoms with E-state index in [9.17, 15) is 0 Å². The third kappa shape index (κ3) is 3.82. The Labute approximate surface area is 93.5 Å². The van der Waals surface area contributed by atoms with E-state index in [1.807, 2.05) is 6.92 Å². The van der Waals surface area contributed by atoms with Crippen molar-refractivity contribution in [3.63, 3.8) is 0 Å². The fourth-order valence-corrected chi connectivity index (χ4v) is 1.89. The number of thioether (sulfide) groups is 1. The smallest absolute Gasteiger partial charge is 0.140 e. The number of nitrogens with zero attached hydrogens (tertiary/aromatic N) is 2. The minimum absolute atomic E-state index is 0.429. The first-order chi connectivity index (χ1) is 6.61. The Morgan fingerprint density at radius 2 is 2.29 bits per heavy atom. The van der Waals surface area contributed by atoms with Gasteiger partial charge in [0.15, 0.2) is 0 Å². The van der Waals surface area contributed by atoms with Crippen LogP contribution < -0.4 is 5.73 Å². The van der Waals surface area contributed by atoms with Crippen LogP contribution in [0.15, 0.2) is 6.07 Å². The molecule has 14 heavy (non-hydrogen) atoms. The minimum Gasteiger partial charge on any atom is -0.329 e. The molecule has 0 spiro atoms. The molecular formula is C9H14ClN3S. The standard InChI is InChI=1S/C9H14ClN3S/c1-6-3-8(10)13-9(12-6)5-14-7(2)4-11/h3,7H,4-5,11H2,1-2H3. The van der Waals surface area contributed by atoms with Gasteiger partial charge in [-0.15, -0.1) is 11.8 Å². The molecule has 0 aliphatic rings. The zero-order chi connectivity index (χ0) is 10.6. The summed E-state index contributed by atoms with van der Waals surface area (Å²) < 4.78 is 0. The van der Waals surface area contributed by atoms with Crippen LogP contribution in [0.2, 0.25) is 5.15 Å². The fraction of sp³-hybridized carbons (Fsp3) is 0.556. The molecule has 0 saturated carbocycles. The minimum atomic E-state index is 0.429. The molecule has 0 aliphatic heterocycles. The number of aromatic nitrogens is 2.